The van der Waals surface area contributed by atoms with Gasteiger partial charge in [0, 0.05) is 35.0 Å². The highest BCUT2D eigenvalue weighted by Crippen LogP contribution is 2.30. The zero-order chi connectivity index (χ0) is 20.6. The molecule has 6 heteroatoms. The van der Waals surface area contributed by atoms with Gasteiger partial charge in [0.2, 0.25) is 0 Å². The fourth-order valence-electron chi connectivity index (χ4n) is 3.89. The molecule has 0 unspecified atom stereocenters. The van der Waals surface area contributed by atoms with Crippen LogP contribution in [0.3, 0.4) is 0 Å². The van der Waals surface area contributed by atoms with Gasteiger partial charge in [-0.15, -0.1) is 5.10 Å². The summed E-state index contributed by atoms with van der Waals surface area (Å²) in [6, 6.07) is 24.6. The van der Waals surface area contributed by atoms with E-state index in [1.165, 1.54) is 0 Å². The van der Waals surface area contributed by atoms with Crippen LogP contribution in [0.25, 0.3) is 32.6 Å². The maximum Gasteiger partial charge on any atom is 0.301 e. The molecule has 0 fully saturated rings. The van der Waals surface area contributed by atoms with E-state index < -0.39 is 0 Å². The minimum Gasteiger partial charge on any atom is -0.423 e. The van der Waals surface area contributed by atoms with Gasteiger partial charge < -0.3 is 4.42 Å². The van der Waals surface area contributed by atoms with Gasteiger partial charge in [-0.3, -0.25) is 10.3 Å². The zero-order valence-corrected chi connectivity index (χ0v) is 16.5. The minimum absolute atomic E-state index is 0.396. The average Bonchev–Trinajstić information content (AvgIpc) is 3.24. The Bertz CT molecular complexity index is 1540. The maximum atomic E-state index is 5.96. The zero-order valence-electron chi connectivity index (χ0n) is 16.5. The van der Waals surface area contributed by atoms with E-state index >= 15 is 0 Å². The molecule has 0 saturated carbocycles. The van der Waals surface area contributed by atoms with Crippen molar-refractivity contribution in [1.82, 2.24) is 20.2 Å². The van der Waals surface area contributed by atoms with Gasteiger partial charge in [0.15, 0.2) is 11.4 Å². The number of fused-ring (bicyclic) bond motifs is 4. The highest BCUT2D eigenvalue weighted by molar-refractivity contribution is 6.04. The van der Waals surface area contributed by atoms with Crippen molar-refractivity contribution in [2.24, 2.45) is 0 Å². The predicted octanol–water partition coefficient (Wildman–Crippen LogP) is 5.65. The molecule has 0 bridgehead atoms. The highest BCUT2D eigenvalue weighted by atomic mass is 16.4. The lowest BCUT2D eigenvalue weighted by Gasteiger charge is -2.09. The summed E-state index contributed by atoms with van der Waals surface area (Å²) < 4.78 is 5.96. The molecule has 6 nitrogen and oxygen atoms in total. The Balaban J connectivity index is 1.41. The summed E-state index contributed by atoms with van der Waals surface area (Å²) in [6.07, 6.45) is 4.26. The second-order valence-corrected chi connectivity index (χ2v) is 7.35. The minimum atomic E-state index is 0.396. The summed E-state index contributed by atoms with van der Waals surface area (Å²) in [5, 5.41) is 16.4. The van der Waals surface area contributed by atoms with Crippen molar-refractivity contribution in [2.45, 2.75) is 6.42 Å². The third-order valence-electron chi connectivity index (χ3n) is 5.39. The first-order chi connectivity index (χ1) is 15.3. The Morgan fingerprint density at radius 3 is 2.39 bits per heavy atom. The summed E-state index contributed by atoms with van der Waals surface area (Å²) in [5.41, 5.74) is 3.61. The Hall–Kier alpha value is -4.32. The van der Waals surface area contributed by atoms with Gasteiger partial charge in [0.1, 0.15) is 5.52 Å². The van der Waals surface area contributed by atoms with E-state index in [1.807, 2.05) is 60.7 Å². The van der Waals surface area contributed by atoms with Gasteiger partial charge in [-0.2, -0.15) is 10.1 Å². The van der Waals surface area contributed by atoms with Crippen LogP contribution in [0, 0.1) is 0 Å². The van der Waals surface area contributed by atoms with Gasteiger partial charge in [0.05, 0.1) is 5.69 Å². The van der Waals surface area contributed by atoms with Crippen LogP contribution in [0.1, 0.15) is 11.3 Å². The third-order valence-corrected chi connectivity index (χ3v) is 5.39. The molecule has 6 rings (SSSR count). The summed E-state index contributed by atoms with van der Waals surface area (Å²) in [6.45, 7) is 0. The number of benzene rings is 3. The van der Waals surface area contributed by atoms with Crippen LogP contribution in [-0.2, 0) is 6.42 Å². The van der Waals surface area contributed by atoms with Crippen LogP contribution < -0.4 is 5.32 Å². The normalized spacial score (nSPS) is 11.4. The first-order valence-electron chi connectivity index (χ1n) is 10.0. The molecule has 3 aromatic heterocycles. The molecule has 0 amide bonds. The van der Waals surface area contributed by atoms with Gasteiger partial charge in [-0.05, 0) is 29.1 Å². The molecular formula is C25H17N5O. The molecule has 148 valence electrons. The van der Waals surface area contributed by atoms with Crippen molar-refractivity contribution >= 4 is 44.5 Å². The molecular weight excluding hydrogens is 386 g/mol. The van der Waals surface area contributed by atoms with Crippen molar-refractivity contribution in [3.05, 3.63) is 96.4 Å². The Kier molecular flexibility index (Phi) is 4.06. The molecule has 0 aliphatic carbocycles. The van der Waals surface area contributed by atoms with Crippen LogP contribution in [0.2, 0.25) is 0 Å². The van der Waals surface area contributed by atoms with E-state index in [1.54, 1.807) is 12.4 Å². The number of nitrogens with zero attached hydrogens (tertiary/aromatic N) is 4. The van der Waals surface area contributed by atoms with Crippen molar-refractivity contribution in [3.63, 3.8) is 0 Å². The molecule has 0 aliphatic rings. The first-order valence-corrected chi connectivity index (χ1v) is 10.0. The van der Waals surface area contributed by atoms with E-state index in [4.69, 9.17) is 4.42 Å². The van der Waals surface area contributed by atoms with Crippen LogP contribution in [0.5, 0.6) is 0 Å². The lowest BCUT2D eigenvalue weighted by Crippen LogP contribution is -2.02. The fraction of sp³-hybridized carbons (Fsp3) is 0.0400. The summed E-state index contributed by atoms with van der Waals surface area (Å²) in [5.74, 6) is 0.616. The topological polar surface area (TPSA) is 76.7 Å². The van der Waals surface area contributed by atoms with Crippen molar-refractivity contribution in [2.75, 3.05) is 5.32 Å². The number of pyridine rings is 1. The lowest BCUT2D eigenvalue weighted by atomic mass is 10.1. The Labute approximate surface area is 177 Å². The standard InChI is InChI=1S/C25H17N5O/c1-2-6-18-17(5-1)9-10-22-23(18)27-25(31-22)28-24-20-8-4-3-7-19(20)21(29-30-24)15-16-11-13-26-14-12-16/h1-14H,15H2,(H,27,28,30). The highest BCUT2D eigenvalue weighted by Gasteiger charge is 2.14. The van der Waals surface area contributed by atoms with Crippen molar-refractivity contribution in [3.8, 4) is 0 Å². The van der Waals surface area contributed by atoms with Crippen molar-refractivity contribution < 1.29 is 4.42 Å². The smallest absolute Gasteiger partial charge is 0.301 e. The third kappa shape index (κ3) is 3.14. The molecule has 1 N–H and O–H groups in total. The molecule has 0 atom stereocenters. The van der Waals surface area contributed by atoms with Gasteiger partial charge in [-0.25, -0.2) is 0 Å². The predicted molar refractivity (Wildman–Crippen MR) is 121 cm³/mol. The molecule has 3 heterocycles. The molecule has 0 saturated heterocycles. The monoisotopic (exact) mass is 403 g/mol. The first kappa shape index (κ1) is 17.5. The number of hydrogen-bond acceptors (Lipinski definition) is 6. The molecule has 31 heavy (non-hydrogen) atoms. The van der Waals surface area contributed by atoms with E-state index in [9.17, 15) is 0 Å². The largest absolute Gasteiger partial charge is 0.423 e. The average molecular weight is 403 g/mol. The van der Waals surface area contributed by atoms with E-state index in [0.29, 0.717) is 18.3 Å². The SMILES string of the molecule is c1ccc2c(c1)ccc1oc(Nc3nnc(Cc4ccncc4)c4ccccc34)nc12. The van der Waals surface area contributed by atoms with Gasteiger partial charge in [-0.1, -0.05) is 54.6 Å². The molecule has 0 radical (unpaired) electrons. The fourth-order valence-corrected chi connectivity index (χ4v) is 3.89. The van der Waals surface area contributed by atoms with Crippen LogP contribution in [0.15, 0.2) is 89.6 Å². The number of oxazole rings is 1. The van der Waals surface area contributed by atoms with Crippen molar-refractivity contribution in [1.29, 1.82) is 0 Å². The van der Waals surface area contributed by atoms with Crippen LogP contribution in [0.4, 0.5) is 11.8 Å². The number of hydrogen-bond donors (Lipinski definition) is 1. The maximum absolute atomic E-state index is 5.96. The molecule has 3 aromatic carbocycles. The van der Waals surface area contributed by atoms with E-state index in [-0.39, 0.29) is 0 Å². The number of anilines is 2. The number of aromatic nitrogens is 4. The Morgan fingerprint density at radius 1 is 0.742 bits per heavy atom. The lowest BCUT2D eigenvalue weighted by molar-refractivity contribution is 0.622. The molecule has 0 aliphatic heterocycles. The molecule has 6 aromatic rings. The summed E-state index contributed by atoms with van der Waals surface area (Å²) in [7, 11) is 0. The van der Waals surface area contributed by atoms with E-state index in [0.717, 1.165) is 43.9 Å². The molecule has 0 spiro atoms. The summed E-state index contributed by atoms with van der Waals surface area (Å²) >= 11 is 0. The summed E-state index contributed by atoms with van der Waals surface area (Å²) in [4.78, 5) is 8.76. The van der Waals surface area contributed by atoms with Crippen LogP contribution >= 0.6 is 0 Å². The second kappa shape index (κ2) is 7.18. The van der Waals surface area contributed by atoms with Gasteiger partial charge >= 0.3 is 6.01 Å². The van der Waals surface area contributed by atoms with Crippen LogP contribution in [-0.4, -0.2) is 20.2 Å². The van der Waals surface area contributed by atoms with Gasteiger partial charge in [0.25, 0.3) is 0 Å². The Morgan fingerprint density at radius 2 is 1.52 bits per heavy atom. The second-order valence-electron chi connectivity index (χ2n) is 7.35. The van der Waals surface area contributed by atoms with E-state index in [2.05, 4.69) is 37.6 Å². The number of rotatable bonds is 4. The quantitative estimate of drug-likeness (QED) is 0.410. The number of nitrogens with one attached hydrogen (secondary N) is 1.